The van der Waals surface area contributed by atoms with Crippen LogP contribution in [0.1, 0.15) is 12.5 Å². The van der Waals surface area contributed by atoms with E-state index in [9.17, 15) is 18.8 Å². The van der Waals surface area contributed by atoms with Gasteiger partial charge in [-0.2, -0.15) is 0 Å². The summed E-state index contributed by atoms with van der Waals surface area (Å²) in [5.74, 6) is 0.166. The Bertz CT molecular complexity index is 1240. The van der Waals surface area contributed by atoms with E-state index < -0.39 is 23.6 Å². The number of fused-ring (bicyclic) bond motifs is 1. The van der Waals surface area contributed by atoms with Crippen molar-refractivity contribution in [2.24, 2.45) is 0 Å². The van der Waals surface area contributed by atoms with E-state index in [2.05, 4.69) is 10.4 Å². The zero-order valence-corrected chi connectivity index (χ0v) is 17.5. The maximum atomic E-state index is 13.0. The smallest absolute Gasteiger partial charge is 0.333 e. The highest BCUT2D eigenvalue weighted by Crippen LogP contribution is 2.28. The maximum absolute atomic E-state index is 13.0. The van der Waals surface area contributed by atoms with Crippen LogP contribution < -0.4 is 26.1 Å². The Balaban J connectivity index is 1.53. The molecule has 0 fully saturated rings. The Hall–Kier alpha value is -3.95. The van der Waals surface area contributed by atoms with Crippen molar-refractivity contribution in [3.8, 4) is 5.75 Å². The van der Waals surface area contributed by atoms with Crippen LogP contribution in [-0.4, -0.2) is 33.4 Å². The Morgan fingerprint density at radius 1 is 1.06 bits per heavy atom. The molecule has 32 heavy (non-hydrogen) atoms. The zero-order chi connectivity index (χ0) is 22.7. The van der Waals surface area contributed by atoms with Crippen LogP contribution >= 0.6 is 0 Å². The van der Waals surface area contributed by atoms with Gasteiger partial charge in [0, 0.05) is 25.3 Å². The fraction of sp³-hybridized carbons (Fsp3) is 0.273. The number of aromatic nitrogens is 3. The lowest BCUT2D eigenvalue weighted by molar-refractivity contribution is -0.122. The first-order chi connectivity index (χ1) is 15.5. The number of rotatable bonds is 7. The molecule has 2 heterocycles. The summed E-state index contributed by atoms with van der Waals surface area (Å²) in [6.45, 7) is 3.00. The van der Waals surface area contributed by atoms with Gasteiger partial charge in [-0.25, -0.2) is 9.07 Å². The number of halogens is 1. The highest BCUT2D eigenvalue weighted by molar-refractivity contribution is 5.75. The lowest BCUT2D eigenvalue weighted by Crippen LogP contribution is -2.44. The van der Waals surface area contributed by atoms with Crippen LogP contribution in [0.25, 0.3) is 0 Å². The van der Waals surface area contributed by atoms with Crippen LogP contribution in [0, 0.1) is 5.82 Å². The molecule has 1 amide bonds. The van der Waals surface area contributed by atoms with Crippen molar-refractivity contribution in [3.05, 3.63) is 80.6 Å². The van der Waals surface area contributed by atoms with E-state index in [0.717, 1.165) is 16.1 Å². The van der Waals surface area contributed by atoms with Crippen molar-refractivity contribution < 1.29 is 13.9 Å². The van der Waals surface area contributed by atoms with Gasteiger partial charge in [0.25, 0.3) is 0 Å². The molecule has 1 aromatic heterocycles. The standard InChI is InChI=1S/C22H22FN5O4/c1-2-32-18-9-7-17(8-10-18)26-11-12-27-20(30)21(31)28(25-22(26)27)14-19(29)24-13-15-3-5-16(23)6-4-15/h3-10H,2,11-14H2,1H3,(H,24,29). The van der Waals surface area contributed by atoms with Crippen molar-refractivity contribution in [2.75, 3.05) is 18.1 Å². The maximum Gasteiger partial charge on any atom is 0.333 e. The molecule has 0 bridgehead atoms. The molecule has 1 aliphatic heterocycles. The predicted molar refractivity (Wildman–Crippen MR) is 116 cm³/mol. The summed E-state index contributed by atoms with van der Waals surface area (Å²) in [6.07, 6.45) is 0. The summed E-state index contributed by atoms with van der Waals surface area (Å²) in [6, 6.07) is 13.0. The summed E-state index contributed by atoms with van der Waals surface area (Å²) in [5, 5.41) is 6.93. The van der Waals surface area contributed by atoms with Crippen LogP contribution in [0.2, 0.25) is 0 Å². The predicted octanol–water partition coefficient (Wildman–Crippen LogP) is 1.41. The van der Waals surface area contributed by atoms with Gasteiger partial charge in [0.15, 0.2) is 0 Å². The molecule has 166 valence electrons. The molecule has 10 heteroatoms. The van der Waals surface area contributed by atoms with Gasteiger partial charge in [-0.1, -0.05) is 12.1 Å². The summed E-state index contributed by atoms with van der Waals surface area (Å²) in [4.78, 5) is 39.2. The number of nitrogens with zero attached hydrogens (tertiary/aromatic N) is 4. The summed E-state index contributed by atoms with van der Waals surface area (Å²) < 4.78 is 20.6. The van der Waals surface area contributed by atoms with Gasteiger partial charge in [0.2, 0.25) is 11.9 Å². The molecule has 1 N–H and O–H groups in total. The molecule has 0 saturated heterocycles. The minimum absolute atomic E-state index is 0.163. The van der Waals surface area contributed by atoms with Gasteiger partial charge in [0.05, 0.1) is 6.61 Å². The van der Waals surface area contributed by atoms with Crippen molar-refractivity contribution >= 4 is 17.5 Å². The van der Waals surface area contributed by atoms with Gasteiger partial charge in [0.1, 0.15) is 18.1 Å². The second kappa shape index (κ2) is 9.04. The third-order valence-electron chi connectivity index (χ3n) is 5.06. The van der Waals surface area contributed by atoms with E-state index in [0.29, 0.717) is 31.2 Å². The number of amides is 1. The Kier molecular flexibility index (Phi) is 6.02. The molecule has 0 saturated carbocycles. The number of hydrogen-bond acceptors (Lipinski definition) is 6. The fourth-order valence-corrected chi connectivity index (χ4v) is 3.46. The van der Waals surface area contributed by atoms with Crippen molar-refractivity contribution in [1.29, 1.82) is 0 Å². The number of nitrogens with one attached hydrogen (secondary N) is 1. The van der Waals surface area contributed by atoms with Crippen LogP contribution in [0.3, 0.4) is 0 Å². The van der Waals surface area contributed by atoms with Crippen LogP contribution in [0.15, 0.2) is 58.1 Å². The topological polar surface area (TPSA) is 98.5 Å². The second-order valence-corrected chi connectivity index (χ2v) is 7.20. The first kappa shape index (κ1) is 21.3. The average Bonchev–Trinajstić information content (AvgIpc) is 3.21. The van der Waals surface area contributed by atoms with Gasteiger partial charge in [-0.05, 0) is 48.9 Å². The highest BCUT2D eigenvalue weighted by atomic mass is 19.1. The Morgan fingerprint density at radius 2 is 1.78 bits per heavy atom. The fourth-order valence-electron chi connectivity index (χ4n) is 3.46. The number of carbonyl (C=O) groups excluding carboxylic acids is 1. The van der Waals surface area contributed by atoms with E-state index >= 15 is 0 Å². The molecule has 0 radical (unpaired) electrons. The number of anilines is 2. The Labute approximate surface area is 182 Å². The Morgan fingerprint density at radius 3 is 2.47 bits per heavy atom. The number of carbonyl (C=O) groups is 1. The number of ether oxygens (including phenoxy) is 1. The average molecular weight is 439 g/mol. The molecular formula is C22H22FN5O4. The third-order valence-corrected chi connectivity index (χ3v) is 5.06. The summed E-state index contributed by atoms with van der Waals surface area (Å²) in [5.41, 5.74) is -0.0951. The van der Waals surface area contributed by atoms with E-state index in [1.54, 1.807) is 12.1 Å². The molecule has 1 aliphatic rings. The molecule has 0 spiro atoms. The van der Waals surface area contributed by atoms with Gasteiger partial charge >= 0.3 is 11.1 Å². The largest absolute Gasteiger partial charge is 0.494 e. The number of benzene rings is 2. The van der Waals surface area contributed by atoms with Crippen LogP contribution in [-0.2, 0) is 24.4 Å². The minimum Gasteiger partial charge on any atom is -0.494 e. The van der Waals surface area contributed by atoms with Crippen LogP contribution in [0.5, 0.6) is 5.75 Å². The lowest BCUT2D eigenvalue weighted by atomic mass is 10.2. The first-order valence-corrected chi connectivity index (χ1v) is 10.2. The van der Waals surface area contributed by atoms with Crippen molar-refractivity contribution in [3.63, 3.8) is 0 Å². The summed E-state index contributed by atoms with van der Waals surface area (Å²) >= 11 is 0. The molecule has 0 atom stereocenters. The van der Waals surface area contributed by atoms with E-state index in [-0.39, 0.29) is 12.4 Å². The van der Waals surface area contributed by atoms with Gasteiger partial charge in [-0.3, -0.25) is 19.0 Å². The van der Waals surface area contributed by atoms with Gasteiger partial charge in [-0.15, -0.1) is 5.10 Å². The minimum atomic E-state index is -0.862. The highest BCUT2D eigenvalue weighted by Gasteiger charge is 2.26. The molecule has 9 nitrogen and oxygen atoms in total. The zero-order valence-electron chi connectivity index (χ0n) is 17.5. The van der Waals surface area contributed by atoms with E-state index in [1.165, 1.54) is 16.7 Å². The second-order valence-electron chi connectivity index (χ2n) is 7.20. The van der Waals surface area contributed by atoms with Gasteiger partial charge < -0.3 is 15.0 Å². The monoisotopic (exact) mass is 439 g/mol. The third kappa shape index (κ3) is 4.39. The molecule has 3 aromatic rings. The SMILES string of the molecule is CCOc1ccc(N2CCn3c2nn(CC(=O)NCc2ccc(F)cc2)c(=O)c3=O)cc1. The molecule has 2 aromatic carbocycles. The molecule has 0 aliphatic carbocycles. The van der Waals surface area contributed by atoms with Crippen LogP contribution in [0.4, 0.5) is 16.0 Å². The van der Waals surface area contributed by atoms with Crippen molar-refractivity contribution in [2.45, 2.75) is 26.6 Å². The number of hydrogen-bond donors (Lipinski definition) is 1. The summed E-state index contributed by atoms with van der Waals surface area (Å²) in [7, 11) is 0. The lowest BCUT2D eigenvalue weighted by Gasteiger charge is -2.18. The van der Waals surface area contributed by atoms with E-state index in [1.807, 2.05) is 36.1 Å². The molecule has 0 unspecified atom stereocenters. The quantitative estimate of drug-likeness (QED) is 0.559. The normalized spacial score (nSPS) is 12.5. The van der Waals surface area contributed by atoms with Crippen molar-refractivity contribution in [1.82, 2.24) is 19.7 Å². The molecule has 4 rings (SSSR count). The first-order valence-electron chi connectivity index (χ1n) is 10.2. The molecular weight excluding hydrogens is 417 g/mol. The van der Waals surface area contributed by atoms with E-state index in [4.69, 9.17) is 4.74 Å².